The topological polar surface area (TPSA) is 12.0 Å². The lowest BCUT2D eigenvalue weighted by Crippen LogP contribution is -2.21. The molecule has 1 aliphatic rings. The first kappa shape index (κ1) is 15.6. The van der Waals surface area contributed by atoms with E-state index in [0.717, 1.165) is 12.5 Å². The molecule has 0 aromatic heterocycles. The molecule has 1 heteroatoms. The van der Waals surface area contributed by atoms with Gasteiger partial charge in [-0.25, -0.2) is 0 Å². The van der Waals surface area contributed by atoms with Crippen LogP contribution in [0.15, 0.2) is 24.3 Å². The van der Waals surface area contributed by atoms with Gasteiger partial charge in [-0.2, -0.15) is 0 Å². The van der Waals surface area contributed by atoms with E-state index >= 15 is 0 Å². The molecule has 0 bridgehead atoms. The number of unbranched alkanes of at least 4 members (excludes halogenated alkanes) is 3. The third-order valence-corrected chi connectivity index (χ3v) is 4.69. The lowest BCUT2D eigenvalue weighted by atomic mass is 9.79. The van der Waals surface area contributed by atoms with E-state index in [-0.39, 0.29) is 0 Å². The molecular weight excluding hydrogens is 242 g/mol. The van der Waals surface area contributed by atoms with Gasteiger partial charge >= 0.3 is 0 Å². The van der Waals surface area contributed by atoms with E-state index < -0.39 is 0 Å². The first-order chi connectivity index (χ1) is 9.85. The summed E-state index contributed by atoms with van der Waals surface area (Å²) in [6.45, 7) is 5.56. The summed E-state index contributed by atoms with van der Waals surface area (Å²) < 4.78 is 0. The maximum atomic E-state index is 3.68. The fourth-order valence-corrected chi connectivity index (χ4v) is 3.18. The van der Waals surface area contributed by atoms with Crippen LogP contribution >= 0.6 is 0 Å². The van der Waals surface area contributed by atoms with Crippen LogP contribution in [0.3, 0.4) is 0 Å². The van der Waals surface area contributed by atoms with Crippen LogP contribution in [0.25, 0.3) is 0 Å². The van der Waals surface area contributed by atoms with Gasteiger partial charge in [0.05, 0.1) is 0 Å². The summed E-state index contributed by atoms with van der Waals surface area (Å²) >= 11 is 0. The Morgan fingerprint density at radius 1 is 1.15 bits per heavy atom. The molecule has 112 valence electrons. The highest BCUT2D eigenvalue weighted by Gasteiger charge is 2.20. The van der Waals surface area contributed by atoms with Gasteiger partial charge in [-0.15, -0.1) is 0 Å². The van der Waals surface area contributed by atoms with Gasteiger partial charge in [0, 0.05) is 6.04 Å². The predicted octanol–water partition coefficient (Wildman–Crippen LogP) is 5.58. The average Bonchev–Trinajstić information content (AvgIpc) is 2.41. The number of hydrogen-bond donors (Lipinski definition) is 1. The lowest BCUT2D eigenvalue weighted by Gasteiger charge is -2.27. The SMILES string of the molecule is CCCCCCC(NCC)c1cccc(C2CCC2)c1. The van der Waals surface area contributed by atoms with Crippen LogP contribution in [0.5, 0.6) is 0 Å². The minimum absolute atomic E-state index is 0.553. The van der Waals surface area contributed by atoms with Gasteiger partial charge in [0.2, 0.25) is 0 Å². The van der Waals surface area contributed by atoms with E-state index in [1.165, 1.54) is 56.9 Å². The molecule has 1 aromatic carbocycles. The van der Waals surface area contributed by atoms with Crippen molar-refractivity contribution in [3.63, 3.8) is 0 Å². The van der Waals surface area contributed by atoms with Gasteiger partial charge in [-0.1, -0.05) is 70.2 Å². The fraction of sp³-hybridized carbons (Fsp3) is 0.684. The van der Waals surface area contributed by atoms with E-state index in [4.69, 9.17) is 0 Å². The molecule has 1 unspecified atom stereocenters. The molecule has 0 heterocycles. The van der Waals surface area contributed by atoms with Gasteiger partial charge in [0.25, 0.3) is 0 Å². The molecule has 0 aliphatic heterocycles. The molecule has 0 amide bonds. The first-order valence-electron chi connectivity index (χ1n) is 8.68. The van der Waals surface area contributed by atoms with E-state index in [0.29, 0.717) is 6.04 Å². The van der Waals surface area contributed by atoms with Crippen molar-refractivity contribution >= 4 is 0 Å². The molecule has 20 heavy (non-hydrogen) atoms. The molecule has 1 nitrogen and oxygen atoms in total. The molecule has 1 saturated carbocycles. The van der Waals surface area contributed by atoms with Crippen LogP contribution in [0.1, 0.15) is 88.3 Å². The van der Waals surface area contributed by atoms with Crippen molar-refractivity contribution < 1.29 is 0 Å². The lowest BCUT2D eigenvalue weighted by molar-refractivity contribution is 0.418. The zero-order chi connectivity index (χ0) is 14.2. The third-order valence-electron chi connectivity index (χ3n) is 4.69. The monoisotopic (exact) mass is 273 g/mol. The van der Waals surface area contributed by atoms with Crippen molar-refractivity contribution in [2.24, 2.45) is 0 Å². The Morgan fingerprint density at radius 2 is 2.00 bits per heavy atom. The molecule has 1 atom stereocenters. The Balaban J connectivity index is 1.96. The highest BCUT2D eigenvalue weighted by molar-refractivity contribution is 5.29. The minimum atomic E-state index is 0.553. The Morgan fingerprint density at radius 3 is 2.65 bits per heavy atom. The van der Waals surface area contributed by atoms with Crippen LogP contribution < -0.4 is 5.32 Å². The van der Waals surface area contributed by atoms with Gasteiger partial charge < -0.3 is 5.32 Å². The number of rotatable bonds is 9. The number of nitrogens with one attached hydrogen (secondary N) is 1. The zero-order valence-electron chi connectivity index (χ0n) is 13.3. The van der Waals surface area contributed by atoms with Gasteiger partial charge in [0.15, 0.2) is 0 Å². The van der Waals surface area contributed by atoms with Gasteiger partial charge in [0.1, 0.15) is 0 Å². The Kier molecular flexibility index (Phi) is 6.59. The van der Waals surface area contributed by atoms with Crippen LogP contribution in [-0.4, -0.2) is 6.54 Å². The molecular formula is C19H31N. The predicted molar refractivity (Wildman–Crippen MR) is 88.2 cm³/mol. The van der Waals surface area contributed by atoms with Crippen molar-refractivity contribution in [3.8, 4) is 0 Å². The Labute approximate surface area is 125 Å². The van der Waals surface area contributed by atoms with E-state index in [1.54, 1.807) is 5.56 Å². The second kappa shape index (κ2) is 8.46. The molecule has 2 rings (SSSR count). The largest absolute Gasteiger partial charge is 0.310 e. The van der Waals surface area contributed by atoms with Crippen molar-refractivity contribution in [1.82, 2.24) is 5.32 Å². The summed E-state index contributed by atoms with van der Waals surface area (Å²) in [6, 6.07) is 9.93. The highest BCUT2D eigenvalue weighted by Crippen LogP contribution is 2.37. The molecule has 1 N–H and O–H groups in total. The number of hydrogen-bond acceptors (Lipinski definition) is 1. The summed E-state index contributed by atoms with van der Waals surface area (Å²) in [4.78, 5) is 0. The van der Waals surface area contributed by atoms with Crippen LogP contribution in [-0.2, 0) is 0 Å². The molecule has 0 spiro atoms. The smallest absolute Gasteiger partial charge is 0.0320 e. The van der Waals surface area contributed by atoms with Crippen molar-refractivity contribution in [1.29, 1.82) is 0 Å². The fourth-order valence-electron chi connectivity index (χ4n) is 3.18. The summed E-state index contributed by atoms with van der Waals surface area (Å²) in [6.07, 6.45) is 10.9. The molecule has 0 radical (unpaired) electrons. The maximum absolute atomic E-state index is 3.68. The van der Waals surface area contributed by atoms with Crippen LogP contribution in [0.2, 0.25) is 0 Å². The Hall–Kier alpha value is -0.820. The maximum Gasteiger partial charge on any atom is 0.0320 e. The zero-order valence-corrected chi connectivity index (χ0v) is 13.3. The average molecular weight is 273 g/mol. The van der Waals surface area contributed by atoms with Crippen molar-refractivity contribution in [3.05, 3.63) is 35.4 Å². The molecule has 1 fully saturated rings. The summed E-state index contributed by atoms with van der Waals surface area (Å²) in [5, 5.41) is 3.68. The summed E-state index contributed by atoms with van der Waals surface area (Å²) in [5.41, 5.74) is 3.08. The van der Waals surface area contributed by atoms with Crippen molar-refractivity contribution in [2.45, 2.75) is 77.2 Å². The standard InChI is InChI=1S/C19H31N/c1-3-5-6-7-14-19(20-4-2)18-13-9-12-17(15-18)16-10-8-11-16/h9,12-13,15-16,19-20H,3-8,10-11,14H2,1-2H3. The quantitative estimate of drug-likeness (QED) is 0.579. The van der Waals surface area contributed by atoms with Gasteiger partial charge in [-0.05, 0) is 42.9 Å². The second-order valence-electron chi connectivity index (χ2n) is 6.26. The van der Waals surface area contributed by atoms with E-state index in [9.17, 15) is 0 Å². The minimum Gasteiger partial charge on any atom is -0.310 e. The summed E-state index contributed by atoms with van der Waals surface area (Å²) in [5.74, 6) is 0.845. The second-order valence-corrected chi connectivity index (χ2v) is 6.26. The van der Waals surface area contributed by atoms with Gasteiger partial charge in [-0.3, -0.25) is 0 Å². The molecule has 1 aliphatic carbocycles. The number of benzene rings is 1. The first-order valence-corrected chi connectivity index (χ1v) is 8.68. The van der Waals surface area contributed by atoms with Crippen LogP contribution in [0, 0.1) is 0 Å². The third kappa shape index (κ3) is 4.34. The van der Waals surface area contributed by atoms with Crippen LogP contribution in [0.4, 0.5) is 0 Å². The van der Waals surface area contributed by atoms with Crippen molar-refractivity contribution in [2.75, 3.05) is 6.54 Å². The highest BCUT2D eigenvalue weighted by atomic mass is 14.9. The normalized spacial score (nSPS) is 16.9. The molecule has 1 aromatic rings. The summed E-state index contributed by atoms with van der Waals surface area (Å²) in [7, 11) is 0. The Bertz CT molecular complexity index is 381. The molecule has 0 saturated heterocycles. The van der Waals surface area contributed by atoms with E-state index in [1.807, 2.05) is 0 Å². The van der Waals surface area contributed by atoms with E-state index in [2.05, 4.69) is 43.4 Å².